The van der Waals surface area contributed by atoms with Gasteiger partial charge in [-0.05, 0) is 50.3 Å². The Balaban J connectivity index is 1.95. The van der Waals surface area contributed by atoms with Crippen LogP contribution in [0, 0.1) is 12.8 Å². The number of carbonyl (C=O) groups excluding carboxylic acids is 1. The number of hydrogen-bond acceptors (Lipinski definition) is 3. The lowest BCUT2D eigenvalue weighted by Gasteiger charge is -2.16. The number of amides is 2. The number of rotatable bonds is 9. The van der Waals surface area contributed by atoms with E-state index in [-0.39, 0.29) is 12.1 Å². The molecule has 1 atom stereocenters. The van der Waals surface area contributed by atoms with Crippen molar-refractivity contribution in [2.24, 2.45) is 5.92 Å². The average molecular weight is 385 g/mol. The molecule has 0 radical (unpaired) electrons. The van der Waals surface area contributed by atoms with Crippen LogP contribution < -0.4 is 20.1 Å². The van der Waals surface area contributed by atoms with Crippen molar-refractivity contribution in [3.63, 3.8) is 0 Å². The van der Waals surface area contributed by atoms with E-state index in [1.54, 1.807) is 25.3 Å². The van der Waals surface area contributed by atoms with Gasteiger partial charge < -0.3 is 20.1 Å². The molecule has 2 aromatic rings. The van der Waals surface area contributed by atoms with Crippen LogP contribution in [-0.4, -0.2) is 19.7 Å². The number of nitrogens with one attached hydrogen (secondary N) is 2. The first-order valence-corrected chi connectivity index (χ1v) is 9.84. The quantitative estimate of drug-likeness (QED) is 0.545. The number of methoxy groups -OCH3 is 1. The topological polar surface area (TPSA) is 59.6 Å². The molecular weight excluding hydrogens is 352 g/mol. The number of aryl methyl sites for hydroxylation is 1. The molecule has 0 heterocycles. The van der Waals surface area contributed by atoms with E-state index >= 15 is 0 Å². The Hall–Kier alpha value is -2.69. The maximum Gasteiger partial charge on any atom is 0.319 e. The Kier molecular flexibility index (Phi) is 8.18. The zero-order chi connectivity index (χ0) is 20.5. The first-order chi connectivity index (χ1) is 13.4. The second kappa shape index (κ2) is 10.6. The second-order valence-electron chi connectivity index (χ2n) is 7.48. The minimum Gasteiger partial charge on any atom is -0.493 e. The summed E-state index contributed by atoms with van der Waals surface area (Å²) in [5.41, 5.74) is 2.91. The average Bonchev–Trinajstić information content (AvgIpc) is 2.65. The van der Waals surface area contributed by atoms with Gasteiger partial charge in [0.15, 0.2) is 11.5 Å². The molecule has 0 aliphatic heterocycles. The number of carbonyl (C=O) groups is 1. The van der Waals surface area contributed by atoms with Crippen LogP contribution in [0.15, 0.2) is 42.5 Å². The Bertz CT molecular complexity index is 757. The number of ether oxygens (including phenoxy) is 2. The Labute approximate surface area is 168 Å². The van der Waals surface area contributed by atoms with Crippen LogP contribution in [0.25, 0.3) is 0 Å². The lowest BCUT2D eigenvalue weighted by atomic mass is 10.1. The molecule has 0 spiro atoms. The molecule has 0 fully saturated rings. The van der Waals surface area contributed by atoms with Crippen molar-refractivity contribution in [1.82, 2.24) is 5.32 Å². The van der Waals surface area contributed by atoms with Crippen molar-refractivity contribution in [2.75, 3.05) is 19.0 Å². The van der Waals surface area contributed by atoms with Crippen molar-refractivity contribution in [3.05, 3.63) is 53.6 Å². The molecule has 0 saturated heterocycles. The third kappa shape index (κ3) is 6.80. The van der Waals surface area contributed by atoms with Crippen LogP contribution in [0.3, 0.4) is 0 Å². The molecule has 2 aromatic carbocycles. The molecule has 2 amide bonds. The number of anilines is 1. The van der Waals surface area contributed by atoms with Crippen LogP contribution in [0.1, 0.15) is 50.8 Å². The number of urea groups is 1. The van der Waals surface area contributed by atoms with Crippen molar-refractivity contribution < 1.29 is 14.3 Å². The Morgan fingerprint density at radius 3 is 2.39 bits per heavy atom. The molecule has 0 saturated carbocycles. The molecule has 5 heteroatoms. The largest absolute Gasteiger partial charge is 0.493 e. The minimum absolute atomic E-state index is 0.0920. The summed E-state index contributed by atoms with van der Waals surface area (Å²) in [4.78, 5) is 12.4. The number of hydrogen-bond donors (Lipinski definition) is 2. The van der Waals surface area contributed by atoms with E-state index < -0.39 is 0 Å². The zero-order valence-electron chi connectivity index (χ0n) is 17.5. The first-order valence-electron chi connectivity index (χ1n) is 9.84. The fraction of sp³-hybridized carbons (Fsp3) is 0.435. The number of benzene rings is 2. The standard InChI is InChI=1S/C23H32N2O3/c1-16(2)7-6-14-28-22-15-20(12-13-21(22)27-5)25-23(26)24-18(4)19-10-8-17(3)9-11-19/h8-13,15-16,18H,6-7,14H2,1-5H3,(H2,24,25,26)/t18-/m0/s1. The van der Waals surface area contributed by atoms with Crippen molar-refractivity contribution >= 4 is 11.7 Å². The first kappa shape index (κ1) is 21.6. The van der Waals surface area contributed by atoms with Gasteiger partial charge in [-0.3, -0.25) is 0 Å². The van der Waals surface area contributed by atoms with E-state index in [4.69, 9.17) is 9.47 Å². The Morgan fingerprint density at radius 1 is 1.04 bits per heavy atom. The smallest absolute Gasteiger partial charge is 0.319 e. The predicted molar refractivity (Wildman–Crippen MR) is 114 cm³/mol. The van der Waals surface area contributed by atoms with Crippen LogP contribution in [0.5, 0.6) is 11.5 Å². The molecule has 5 nitrogen and oxygen atoms in total. The molecule has 152 valence electrons. The Morgan fingerprint density at radius 2 is 1.75 bits per heavy atom. The lowest BCUT2D eigenvalue weighted by molar-refractivity contribution is 0.249. The highest BCUT2D eigenvalue weighted by molar-refractivity contribution is 5.89. The van der Waals surface area contributed by atoms with E-state index in [9.17, 15) is 4.79 Å². The molecule has 0 aliphatic carbocycles. The van der Waals surface area contributed by atoms with Gasteiger partial charge in [-0.2, -0.15) is 0 Å². The van der Waals surface area contributed by atoms with Crippen molar-refractivity contribution in [3.8, 4) is 11.5 Å². The summed E-state index contributed by atoms with van der Waals surface area (Å²) in [5.74, 6) is 1.94. The highest BCUT2D eigenvalue weighted by Crippen LogP contribution is 2.30. The van der Waals surface area contributed by atoms with Crippen molar-refractivity contribution in [1.29, 1.82) is 0 Å². The third-order valence-corrected chi connectivity index (χ3v) is 4.53. The summed E-state index contributed by atoms with van der Waals surface area (Å²) in [7, 11) is 1.61. The lowest BCUT2D eigenvalue weighted by Crippen LogP contribution is -2.31. The molecule has 0 unspecified atom stereocenters. The molecule has 0 aromatic heterocycles. The summed E-state index contributed by atoms with van der Waals surface area (Å²) in [6, 6.07) is 13.2. The van der Waals surface area contributed by atoms with Crippen LogP contribution in [0.2, 0.25) is 0 Å². The normalized spacial score (nSPS) is 11.8. The van der Waals surface area contributed by atoms with Crippen LogP contribution in [-0.2, 0) is 0 Å². The minimum atomic E-state index is -0.260. The van der Waals surface area contributed by atoms with E-state index in [1.807, 2.05) is 38.1 Å². The maximum atomic E-state index is 12.4. The fourth-order valence-corrected chi connectivity index (χ4v) is 2.84. The van der Waals surface area contributed by atoms with Crippen LogP contribution in [0.4, 0.5) is 10.5 Å². The van der Waals surface area contributed by atoms with Gasteiger partial charge in [-0.25, -0.2) is 4.79 Å². The molecule has 0 aliphatic rings. The van der Waals surface area contributed by atoms with Gasteiger partial charge in [-0.15, -0.1) is 0 Å². The summed E-state index contributed by atoms with van der Waals surface area (Å²) in [6.45, 7) is 9.01. The van der Waals surface area contributed by atoms with Gasteiger partial charge in [0.1, 0.15) is 0 Å². The van der Waals surface area contributed by atoms with E-state index in [1.165, 1.54) is 5.56 Å². The summed E-state index contributed by atoms with van der Waals surface area (Å²) >= 11 is 0. The summed E-state index contributed by atoms with van der Waals surface area (Å²) < 4.78 is 11.2. The van der Waals surface area contributed by atoms with Gasteiger partial charge in [0.2, 0.25) is 0 Å². The van der Waals surface area contributed by atoms with Gasteiger partial charge in [0.05, 0.1) is 19.8 Å². The molecule has 0 bridgehead atoms. The monoisotopic (exact) mass is 384 g/mol. The second-order valence-corrected chi connectivity index (χ2v) is 7.48. The molecular formula is C23H32N2O3. The zero-order valence-corrected chi connectivity index (χ0v) is 17.5. The van der Waals surface area contributed by atoms with Gasteiger partial charge in [0, 0.05) is 11.8 Å². The summed E-state index contributed by atoms with van der Waals surface area (Å²) in [5, 5.41) is 5.82. The molecule has 28 heavy (non-hydrogen) atoms. The van der Waals surface area contributed by atoms with E-state index in [0.29, 0.717) is 29.7 Å². The molecule has 2 rings (SSSR count). The van der Waals surface area contributed by atoms with Crippen molar-refractivity contribution in [2.45, 2.75) is 46.6 Å². The third-order valence-electron chi connectivity index (χ3n) is 4.53. The van der Waals surface area contributed by atoms with Crippen LogP contribution >= 0.6 is 0 Å². The maximum absolute atomic E-state index is 12.4. The van der Waals surface area contributed by atoms with E-state index in [0.717, 1.165) is 18.4 Å². The fourth-order valence-electron chi connectivity index (χ4n) is 2.84. The predicted octanol–water partition coefficient (Wildman–Crippen LogP) is 5.70. The summed E-state index contributed by atoms with van der Waals surface area (Å²) in [6.07, 6.45) is 2.09. The van der Waals surface area contributed by atoms with E-state index in [2.05, 4.69) is 24.5 Å². The highest BCUT2D eigenvalue weighted by atomic mass is 16.5. The highest BCUT2D eigenvalue weighted by Gasteiger charge is 2.12. The SMILES string of the molecule is COc1ccc(NC(=O)N[C@@H](C)c2ccc(C)cc2)cc1OCCCC(C)C. The van der Waals surface area contributed by atoms with Gasteiger partial charge in [0.25, 0.3) is 0 Å². The van der Waals surface area contributed by atoms with Gasteiger partial charge in [-0.1, -0.05) is 43.7 Å². The molecule has 2 N–H and O–H groups in total. The van der Waals surface area contributed by atoms with Gasteiger partial charge >= 0.3 is 6.03 Å².